The summed E-state index contributed by atoms with van der Waals surface area (Å²) in [5.74, 6) is -1.52. The Hall–Kier alpha value is -1.71. The summed E-state index contributed by atoms with van der Waals surface area (Å²) < 4.78 is 18.0. The minimum Gasteiger partial charge on any atom is -0.464 e. The average Bonchev–Trinajstić information content (AvgIpc) is 3.21. The first-order valence-electron chi connectivity index (χ1n) is 8.69. The van der Waals surface area contributed by atoms with Crippen LogP contribution in [0.5, 0.6) is 0 Å². The van der Waals surface area contributed by atoms with E-state index < -0.39 is 20.2 Å². The summed E-state index contributed by atoms with van der Waals surface area (Å²) >= 11 is 0. The molecule has 2 aromatic heterocycles. The van der Waals surface area contributed by atoms with Crippen LogP contribution in [0.2, 0.25) is 0 Å². The fraction of sp³-hybridized carbons (Fsp3) is 0.625. The van der Waals surface area contributed by atoms with Crippen LogP contribution in [-0.2, 0) is 19.0 Å². The maximum Gasteiger partial charge on any atom is 0.344 e. The van der Waals surface area contributed by atoms with Crippen molar-refractivity contribution in [3.63, 3.8) is 0 Å². The Labute approximate surface area is 157 Å². The second kappa shape index (κ2) is 8.53. The highest BCUT2D eigenvalue weighted by Crippen LogP contribution is 2.35. The predicted molar refractivity (Wildman–Crippen MR) is 95.7 cm³/mol. The number of hydrogen-bond donors (Lipinski definition) is 2. The largest absolute Gasteiger partial charge is 0.464 e. The molecule has 0 saturated carbocycles. The van der Waals surface area contributed by atoms with Gasteiger partial charge in [0.25, 0.3) is 0 Å². The number of hydrogen-bond acceptors (Lipinski definition) is 9. The number of nitrogens with zero attached hydrogens (tertiary/aromatic N) is 4. The molecule has 0 bridgehead atoms. The standard InChI is InChI=1S/C16H23N4O6P/c1-4-24-15(21)16(27(22)23)25-7-11-5-6-12(26-11)20-8-17-13-9(2)18-10(3)19-14(13)20/h8,11-12,16,22-23H,4-7H2,1-3H3/t11?,12?,16-/m0/s1. The molecule has 3 atom stereocenters. The molecule has 11 heteroatoms. The molecule has 10 nitrogen and oxygen atoms in total. The quantitative estimate of drug-likeness (QED) is 0.524. The van der Waals surface area contributed by atoms with Crippen molar-refractivity contribution in [2.75, 3.05) is 13.2 Å². The van der Waals surface area contributed by atoms with Crippen LogP contribution in [0.3, 0.4) is 0 Å². The minimum atomic E-state index is -2.60. The van der Waals surface area contributed by atoms with Gasteiger partial charge >= 0.3 is 5.97 Å². The summed E-state index contributed by atoms with van der Waals surface area (Å²) in [6.07, 6.45) is 2.55. The van der Waals surface area contributed by atoms with E-state index in [1.165, 1.54) is 0 Å². The lowest BCUT2D eigenvalue weighted by molar-refractivity contribution is -0.153. The smallest absolute Gasteiger partial charge is 0.344 e. The SMILES string of the molecule is CCOC(=O)[C@@H](OCC1CCC(n2cnc3c(C)nc(C)nc32)O1)P(O)O. The molecule has 1 aliphatic heterocycles. The third-order valence-electron chi connectivity index (χ3n) is 4.24. The normalized spacial score (nSPS) is 21.1. The molecule has 27 heavy (non-hydrogen) atoms. The van der Waals surface area contributed by atoms with Crippen molar-refractivity contribution in [3.05, 3.63) is 17.8 Å². The summed E-state index contributed by atoms with van der Waals surface area (Å²) in [6.45, 7) is 5.54. The number of fused-ring (bicyclic) bond motifs is 1. The van der Waals surface area contributed by atoms with Crippen LogP contribution in [0.1, 0.15) is 37.5 Å². The van der Waals surface area contributed by atoms with Gasteiger partial charge < -0.3 is 24.0 Å². The van der Waals surface area contributed by atoms with Gasteiger partial charge in [-0.2, -0.15) is 0 Å². The van der Waals surface area contributed by atoms with Gasteiger partial charge in [-0.15, -0.1) is 0 Å². The van der Waals surface area contributed by atoms with E-state index in [9.17, 15) is 14.6 Å². The summed E-state index contributed by atoms with van der Waals surface area (Å²) in [5, 5.41) is 0. The molecule has 1 saturated heterocycles. The average molecular weight is 398 g/mol. The molecule has 1 fully saturated rings. The van der Waals surface area contributed by atoms with Gasteiger partial charge in [0.15, 0.2) is 5.65 Å². The van der Waals surface area contributed by atoms with E-state index in [4.69, 9.17) is 14.2 Å². The summed E-state index contributed by atoms with van der Waals surface area (Å²) in [5.41, 5.74) is 2.26. The molecular formula is C16H23N4O6P. The molecule has 0 aromatic carbocycles. The molecule has 2 aromatic rings. The minimum absolute atomic E-state index is 0.0552. The molecular weight excluding hydrogens is 375 g/mol. The summed E-state index contributed by atoms with van der Waals surface area (Å²) in [6, 6.07) is 0. The first-order valence-corrected chi connectivity index (χ1v) is 10.0. The molecule has 148 valence electrons. The molecule has 0 radical (unpaired) electrons. The van der Waals surface area contributed by atoms with Gasteiger partial charge in [-0.1, -0.05) is 0 Å². The number of esters is 1. The fourth-order valence-corrected chi connectivity index (χ4v) is 3.54. The highest BCUT2D eigenvalue weighted by Gasteiger charge is 2.33. The van der Waals surface area contributed by atoms with Crippen molar-refractivity contribution in [2.24, 2.45) is 0 Å². The Balaban J connectivity index is 1.64. The van der Waals surface area contributed by atoms with E-state index in [1.807, 2.05) is 18.4 Å². The predicted octanol–water partition coefficient (Wildman–Crippen LogP) is 1.32. The van der Waals surface area contributed by atoms with Gasteiger partial charge in [-0.05, 0) is 33.6 Å². The molecule has 2 N–H and O–H groups in total. The van der Waals surface area contributed by atoms with E-state index in [0.717, 1.165) is 17.6 Å². The second-order valence-electron chi connectivity index (χ2n) is 6.23. The third-order valence-corrected chi connectivity index (χ3v) is 5.02. The molecule has 0 amide bonds. The fourth-order valence-electron chi connectivity index (χ4n) is 3.06. The first-order chi connectivity index (χ1) is 12.9. The lowest BCUT2D eigenvalue weighted by Crippen LogP contribution is -2.29. The van der Waals surface area contributed by atoms with Crippen molar-refractivity contribution in [1.29, 1.82) is 0 Å². The van der Waals surface area contributed by atoms with E-state index in [2.05, 4.69) is 15.0 Å². The molecule has 3 heterocycles. The number of imidazole rings is 1. The highest BCUT2D eigenvalue weighted by atomic mass is 31.2. The lowest BCUT2D eigenvalue weighted by atomic mass is 10.2. The van der Waals surface area contributed by atoms with Gasteiger partial charge in [-0.3, -0.25) is 4.57 Å². The number of rotatable bonds is 7. The maximum absolute atomic E-state index is 11.7. The highest BCUT2D eigenvalue weighted by molar-refractivity contribution is 7.46. The summed E-state index contributed by atoms with van der Waals surface area (Å²) in [7, 11) is -2.60. The summed E-state index contributed by atoms with van der Waals surface area (Å²) in [4.78, 5) is 43.6. The number of carbonyl (C=O) groups excluding carboxylic acids is 1. The first kappa shape index (κ1) is 20.0. The number of aromatic nitrogens is 4. The van der Waals surface area contributed by atoms with Crippen LogP contribution in [0.25, 0.3) is 11.2 Å². The van der Waals surface area contributed by atoms with Gasteiger partial charge in [-0.25, -0.2) is 19.7 Å². The van der Waals surface area contributed by atoms with Gasteiger partial charge in [0.1, 0.15) is 17.6 Å². The van der Waals surface area contributed by atoms with Crippen LogP contribution in [0.15, 0.2) is 6.33 Å². The lowest BCUT2D eigenvalue weighted by Gasteiger charge is -2.20. The zero-order chi connectivity index (χ0) is 19.6. The molecule has 2 unspecified atom stereocenters. The zero-order valence-corrected chi connectivity index (χ0v) is 16.3. The van der Waals surface area contributed by atoms with Crippen molar-refractivity contribution in [3.8, 4) is 0 Å². The van der Waals surface area contributed by atoms with Gasteiger partial charge in [0.2, 0.25) is 14.2 Å². The third kappa shape index (κ3) is 4.41. The molecule has 3 rings (SSSR count). The topological polar surface area (TPSA) is 129 Å². The van der Waals surface area contributed by atoms with E-state index in [0.29, 0.717) is 17.9 Å². The monoisotopic (exact) mass is 398 g/mol. The molecule has 0 aliphatic carbocycles. The Morgan fingerprint density at radius 3 is 2.89 bits per heavy atom. The van der Waals surface area contributed by atoms with Crippen molar-refractivity contribution in [1.82, 2.24) is 19.5 Å². The van der Waals surface area contributed by atoms with Crippen molar-refractivity contribution >= 4 is 25.5 Å². The van der Waals surface area contributed by atoms with Crippen LogP contribution < -0.4 is 0 Å². The van der Waals surface area contributed by atoms with Crippen LogP contribution >= 0.6 is 8.38 Å². The maximum atomic E-state index is 11.7. The number of aryl methyl sites for hydroxylation is 2. The van der Waals surface area contributed by atoms with Crippen LogP contribution in [0.4, 0.5) is 0 Å². The van der Waals surface area contributed by atoms with E-state index in [1.54, 1.807) is 13.3 Å². The van der Waals surface area contributed by atoms with Crippen molar-refractivity contribution < 1.29 is 28.8 Å². The Morgan fingerprint density at radius 1 is 1.41 bits per heavy atom. The molecule has 1 aliphatic rings. The number of carbonyl (C=O) groups is 1. The van der Waals surface area contributed by atoms with Crippen LogP contribution in [0, 0.1) is 13.8 Å². The Morgan fingerprint density at radius 2 is 2.19 bits per heavy atom. The van der Waals surface area contributed by atoms with Gasteiger partial charge in [0, 0.05) is 0 Å². The zero-order valence-electron chi connectivity index (χ0n) is 15.4. The van der Waals surface area contributed by atoms with E-state index >= 15 is 0 Å². The Kier molecular flexibility index (Phi) is 6.33. The van der Waals surface area contributed by atoms with Crippen molar-refractivity contribution in [2.45, 2.75) is 51.8 Å². The van der Waals surface area contributed by atoms with E-state index in [-0.39, 0.29) is 25.5 Å². The van der Waals surface area contributed by atoms with Gasteiger partial charge in [0.05, 0.1) is 31.3 Å². The van der Waals surface area contributed by atoms with Crippen LogP contribution in [-0.4, -0.2) is 60.4 Å². The second-order valence-corrected chi connectivity index (χ2v) is 7.34. The number of ether oxygens (including phenoxy) is 3. The molecule has 0 spiro atoms. The Bertz CT molecular complexity index is 814.